The summed E-state index contributed by atoms with van der Waals surface area (Å²) in [6.07, 6.45) is 4.02. The Bertz CT molecular complexity index is 668. The van der Waals surface area contributed by atoms with Crippen LogP contribution >= 0.6 is 0 Å². The van der Waals surface area contributed by atoms with E-state index in [1.54, 1.807) is 6.33 Å². The average Bonchev–Trinajstić information content (AvgIpc) is 3.07. The highest BCUT2D eigenvalue weighted by molar-refractivity contribution is 6.74. The summed E-state index contributed by atoms with van der Waals surface area (Å²) < 4.78 is 14.3. The van der Waals surface area contributed by atoms with Gasteiger partial charge in [0.05, 0.1) is 25.1 Å². The molecule has 0 aliphatic carbocycles. The van der Waals surface area contributed by atoms with E-state index in [1.165, 1.54) is 0 Å². The molecule has 0 amide bonds. The number of aromatic nitrogens is 2. The van der Waals surface area contributed by atoms with E-state index in [4.69, 9.17) is 9.16 Å². The van der Waals surface area contributed by atoms with Crippen LogP contribution in [0, 0.1) is 0 Å². The fourth-order valence-electron chi connectivity index (χ4n) is 3.15. The minimum atomic E-state index is -1.94. The number of aliphatic hydroxyl groups excluding tert-OH is 2. The second kappa shape index (κ2) is 7.16. The average molecular weight is 382 g/mol. The van der Waals surface area contributed by atoms with E-state index in [1.807, 2.05) is 10.8 Å². The van der Waals surface area contributed by atoms with E-state index in [0.29, 0.717) is 6.42 Å². The minimum absolute atomic E-state index is 0.0883. The Morgan fingerprint density at radius 3 is 2.73 bits per heavy atom. The third kappa shape index (κ3) is 3.66. The van der Waals surface area contributed by atoms with Crippen LogP contribution in [-0.2, 0) is 9.16 Å². The van der Waals surface area contributed by atoms with Crippen molar-refractivity contribution in [1.29, 1.82) is 0 Å². The lowest BCUT2D eigenvalue weighted by Crippen LogP contribution is -2.41. The number of rotatable bonds is 4. The van der Waals surface area contributed by atoms with Gasteiger partial charge in [-0.3, -0.25) is 4.57 Å². The molecule has 1 aromatic rings. The first-order valence-electron chi connectivity index (χ1n) is 9.35. The molecule has 0 saturated carbocycles. The van der Waals surface area contributed by atoms with E-state index in [2.05, 4.69) is 43.8 Å². The number of ether oxygens (including phenoxy) is 1. The van der Waals surface area contributed by atoms with Gasteiger partial charge >= 0.3 is 0 Å². The Hall–Kier alpha value is -1.06. The molecule has 2 N–H and O–H groups in total. The fourth-order valence-corrected chi connectivity index (χ4v) is 4.45. The summed E-state index contributed by atoms with van der Waals surface area (Å²) >= 11 is 0. The van der Waals surface area contributed by atoms with Gasteiger partial charge in [0.1, 0.15) is 18.0 Å². The van der Waals surface area contributed by atoms with Crippen molar-refractivity contribution in [3.05, 3.63) is 12.0 Å². The van der Waals surface area contributed by atoms with Gasteiger partial charge < -0.3 is 19.4 Å². The Morgan fingerprint density at radius 2 is 2.12 bits per heavy atom. The molecule has 3 heterocycles. The maximum absolute atomic E-state index is 10.0. The zero-order valence-corrected chi connectivity index (χ0v) is 17.3. The normalized spacial score (nSPS) is 29.7. The van der Waals surface area contributed by atoms with Crippen molar-refractivity contribution in [3.8, 4) is 0 Å². The zero-order valence-electron chi connectivity index (χ0n) is 16.3. The van der Waals surface area contributed by atoms with E-state index in [-0.39, 0.29) is 24.0 Å². The lowest BCUT2D eigenvalue weighted by atomic mass is 10.1. The lowest BCUT2D eigenvalue weighted by Gasteiger charge is -2.38. The fraction of sp³-hybridized carbons (Fsp3) is 0.778. The molecular formula is C18H31N3O4Si. The SMILES string of the molecule is CC(C)(C)[Si](C)(C)O[C@@H]1CCC=Nc2c1ncn2[C@H]1C[C@H](O)[C@@H](CO)O1. The molecule has 3 rings (SSSR count). The highest BCUT2D eigenvalue weighted by Crippen LogP contribution is 2.43. The molecular weight excluding hydrogens is 350 g/mol. The summed E-state index contributed by atoms with van der Waals surface area (Å²) in [6.45, 7) is 11.0. The zero-order chi connectivity index (χ0) is 19.1. The van der Waals surface area contributed by atoms with Crippen molar-refractivity contribution in [1.82, 2.24) is 9.55 Å². The highest BCUT2D eigenvalue weighted by Gasteiger charge is 2.41. The number of imidazole rings is 1. The molecule has 0 bridgehead atoms. The Balaban J connectivity index is 1.87. The monoisotopic (exact) mass is 381 g/mol. The molecule has 0 radical (unpaired) electrons. The van der Waals surface area contributed by atoms with Crippen LogP contribution in [0.1, 0.15) is 58.1 Å². The summed E-state index contributed by atoms with van der Waals surface area (Å²) in [5.41, 5.74) is 0.842. The lowest BCUT2D eigenvalue weighted by molar-refractivity contribution is -0.0438. The van der Waals surface area contributed by atoms with Crippen molar-refractivity contribution >= 4 is 20.3 Å². The third-order valence-corrected chi connectivity index (χ3v) is 10.3. The molecule has 1 aromatic heterocycles. The number of aliphatic imine (C=N–C) groups is 1. The van der Waals surface area contributed by atoms with E-state index >= 15 is 0 Å². The van der Waals surface area contributed by atoms with Crippen molar-refractivity contribution in [2.75, 3.05) is 6.61 Å². The standard InChI is InChI=1S/C18H31N3O4Si/c1-18(2,3)26(4,5)25-13-7-6-8-19-17-16(13)20-11-21(17)15-9-12(23)14(10-22)24-15/h8,11-15,22-23H,6-7,9-10H2,1-5H3/t12-,13+,14+,15+/m0/s1. The summed E-state index contributed by atoms with van der Waals surface area (Å²) in [5, 5.41) is 19.5. The molecule has 2 aliphatic heterocycles. The molecule has 146 valence electrons. The van der Waals surface area contributed by atoms with Gasteiger partial charge in [0.15, 0.2) is 14.1 Å². The molecule has 4 atom stereocenters. The third-order valence-electron chi connectivity index (χ3n) is 5.81. The molecule has 0 spiro atoms. The Labute approximate surface area is 156 Å². The molecule has 0 unspecified atom stereocenters. The smallest absolute Gasteiger partial charge is 0.192 e. The van der Waals surface area contributed by atoms with E-state index in [9.17, 15) is 10.2 Å². The van der Waals surface area contributed by atoms with Gasteiger partial charge in [-0.25, -0.2) is 9.98 Å². The first kappa shape index (κ1) is 19.7. The van der Waals surface area contributed by atoms with Gasteiger partial charge in [-0.2, -0.15) is 0 Å². The molecule has 1 saturated heterocycles. The van der Waals surface area contributed by atoms with Gasteiger partial charge in [-0.05, 0) is 31.0 Å². The van der Waals surface area contributed by atoms with Crippen molar-refractivity contribution in [3.63, 3.8) is 0 Å². The maximum atomic E-state index is 10.0. The number of hydrogen-bond donors (Lipinski definition) is 2. The number of nitrogens with zero attached hydrogens (tertiary/aromatic N) is 3. The predicted octanol–water partition coefficient (Wildman–Crippen LogP) is 3.08. The largest absolute Gasteiger partial charge is 0.408 e. The van der Waals surface area contributed by atoms with Gasteiger partial charge in [0.2, 0.25) is 0 Å². The highest BCUT2D eigenvalue weighted by atomic mass is 28.4. The summed E-state index contributed by atoms with van der Waals surface area (Å²) in [7, 11) is -1.94. The molecule has 1 fully saturated rings. The topological polar surface area (TPSA) is 89.1 Å². The second-order valence-corrected chi connectivity index (χ2v) is 13.5. The first-order valence-corrected chi connectivity index (χ1v) is 12.3. The maximum Gasteiger partial charge on any atom is 0.192 e. The van der Waals surface area contributed by atoms with Crippen LogP contribution in [0.15, 0.2) is 11.3 Å². The molecule has 26 heavy (non-hydrogen) atoms. The van der Waals surface area contributed by atoms with Crippen LogP contribution in [0.5, 0.6) is 0 Å². The molecule has 0 aromatic carbocycles. The van der Waals surface area contributed by atoms with Crippen molar-refractivity contribution < 1.29 is 19.4 Å². The van der Waals surface area contributed by atoms with Crippen LogP contribution in [0.3, 0.4) is 0 Å². The van der Waals surface area contributed by atoms with Crippen LogP contribution in [0.25, 0.3) is 0 Å². The van der Waals surface area contributed by atoms with Crippen molar-refractivity contribution in [2.24, 2.45) is 4.99 Å². The van der Waals surface area contributed by atoms with Crippen LogP contribution in [0.4, 0.5) is 5.82 Å². The van der Waals surface area contributed by atoms with Gasteiger partial charge in [0.25, 0.3) is 0 Å². The van der Waals surface area contributed by atoms with Crippen LogP contribution < -0.4 is 0 Å². The van der Waals surface area contributed by atoms with Gasteiger partial charge in [-0.1, -0.05) is 20.8 Å². The minimum Gasteiger partial charge on any atom is -0.408 e. The number of fused-ring (bicyclic) bond motifs is 1. The summed E-state index contributed by atoms with van der Waals surface area (Å²) in [4.78, 5) is 9.20. The molecule has 7 nitrogen and oxygen atoms in total. The number of hydrogen-bond acceptors (Lipinski definition) is 6. The van der Waals surface area contributed by atoms with Crippen LogP contribution in [-0.4, -0.2) is 53.1 Å². The molecule has 2 aliphatic rings. The van der Waals surface area contributed by atoms with Gasteiger partial charge in [-0.15, -0.1) is 0 Å². The van der Waals surface area contributed by atoms with E-state index in [0.717, 1.165) is 24.4 Å². The number of aliphatic hydroxyl groups is 2. The van der Waals surface area contributed by atoms with Crippen molar-refractivity contribution in [2.45, 2.75) is 82.7 Å². The quantitative estimate of drug-likeness (QED) is 0.783. The summed E-state index contributed by atoms with van der Waals surface area (Å²) in [5.74, 6) is 0.738. The predicted molar refractivity (Wildman–Crippen MR) is 102 cm³/mol. The van der Waals surface area contributed by atoms with Crippen LogP contribution in [0.2, 0.25) is 18.1 Å². The Morgan fingerprint density at radius 1 is 1.38 bits per heavy atom. The van der Waals surface area contributed by atoms with E-state index < -0.39 is 20.5 Å². The molecule has 8 heteroatoms. The second-order valence-electron chi connectivity index (χ2n) is 8.73. The Kier molecular flexibility index (Phi) is 5.42. The van der Waals surface area contributed by atoms with Gasteiger partial charge in [0, 0.05) is 12.6 Å². The summed E-state index contributed by atoms with van der Waals surface area (Å²) in [6, 6.07) is 0. The first-order chi connectivity index (χ1) is 12.1.